The SMILES string of the molecule is Cc1ccc(CN(C(=O)C2CCNC(C)C2)C2CC2)cc1. The number of nitrogens with zero attached hydrogens (tertiary/aromatic N) is 1. The number of carbonyl (C=O) groups excluding carboxylic acids is 1. The van der Waals surface area contributed by atoms with Crippen LogP contribution in [0.5, 0.6) is 0 Å². The Morgan fingerprint density at radius 1 is 1.24 bits per heavy atom. The predicted molar refractivity (Wildman–Crippen MR) is 84.9 cm³/mol. The molecular weight excluding hydrogens is 260 g/mol. The van der Waals surface area contributed by atoms with Gasteiger partial charge in [0.1, 0.15) is 0 Å². The Balaban J connectivity index is 1.69. The Hall–Kier alpha value is -1.35. The number of rotatable bonds is 4. The van der Waals surface area contributed by atoms with Crippen LogP contribution >= 0.6 is 0 Å². The van der Waals surface area contributed by atoms with E-state index in [4.69, 9.17) is 0 Å². The van der Waals surface area contributed by atoms with Crippen molar-refractivity contribution < 1.29 is 4.79 Å². The Morgan fingerprint density at radius 2 is 1.95 bits per heavy atom. The molecule has 1 heterocycles. The molecule has 1 aromatic carbocycles. The lowest BCUT2D eigenvalue weighted by Crippen LogP contribution is -2.44. The zero-order valence-corrected chi connectivity index (χ0v) is 13.1. The molecule has 3 heteroatoms. The molecule has 2 fully saturated rings. The van der Waals surface area contributed by atoms with E-state index in [9.17, 15) is 4.79 Å². The third-order valence-electron chi connectivity index (χ3n) is 4.72. The molecule has 2 unspecified atom stereocenters. The molecule has 21 heavy (non-hydrogen) atoms. The summed E-state index contributed by atoms with van der Waals surface area (Å²) in [6.07, 6.45) is 4.33. The number of hydrogen-bond donors (Lipinski definition) is 1. The highest BCUT2D eigenvalue weighted by atomic mass is 16.2. The van der Waals surface area contributed by atoms with Gasteiger partial charge in [0, 0.05) is 24.5 Å². The van der Waals surface area contributed by atoms with E-state index in [0.29, 0.717) is 18.0 Å². The number of amides is 1. The summed E-state index contributed by atoms with van der Waals surface area (Å²) in [5.41, 5.74) is 2.53. The number of nitrogens with one attached hydrogen (secondary N) is 1. The Kier molecular flexibility index (Phi) is 4.29. The molecular formula is C18H26N2O. The maximum absolute atomic E-state index is 12.9. The predicted octanol–water partition coefficient (Wildman–Crippen LogP) is 2.87. The van der Waals surface area contributed by atoms with Crippen LogP contribution in [0.25, 0.3) is 0 Å². The van der Waals surface area contributed by atoms with E-state index in [0.717, 1.165) is 25.9 Å². The second-order valence-electron chi connectivity index (χ2n) is 6.76. The monoisotopic (exact) mass is 286 g/mol. The van der Waals surface area contributed by atoms with Crippen molar-refractivity contribution in [1.29, 1.82) is 0 Å². The minimum absolute atomic E-state index is 0.215. The summed E-state index contributed by atoms with van der Waals surface area (Å²) in [6.45, 7) is 6.04. The van der Waals surface area contributed by atoms with Crippen molar-refractivity contribution in [3.63, 3.8) is 0 Å². The van der Waals surface area contributed by atoms with Gasteiger partial charge in [0.25, 0.3) is 0 Å². The number of aryl methyl sites for hydroxylation is 1. The van der Waals surface area contributed by atoms with Gasteiger partial charge in [-0.15, -0.1) is 0 Å². The summed E-state index contributed by atoms with van der Waals surface area (Å²) in [4.78, 5) is 15.0. The first-order chi connectivity index (χ1) is 10.1. The average Bonchev–Trinajstić information content (AvgIpc) is 3.30. The van der Waals surface area contributed by atoms with Crippen LogP contribution in [0.3, 0.4) is 0 Å². The first-order valence-corrected chi connectivity index (χ1v) is 8.23. The maximum atomic E-state index is 12.9. The number of hydrogen-bond acceptors (Lipinski definition) is 2. The summed E-state index contributed by atoms with van der Waals surface area (Å²) in [5.74, 6) is 0.596. The molecule has 1 aromatic rings. The van der Waals surface area contributed by atoms with E-state index in [-0.39, 0.29) is 5.92 Å². The first kappa shape index (κ1) is 14.6. The molecule has 1 amide bonds. The van der Waals surface area contributed by atoms with E-state index in [1.54, 1.807) is 0 Å². The minimum atomic E-state index is 0.215. The van der Waals surface area contributed by atoms with Crippen LogP contribution in [0.4, 0.5) is 0 Å². The van der Waals surface area contributed by atoms with Gasteiger partial charge in [-0.2, -0.15) is 0 Å². The lowest BCUT2D eigenvalue weighted by atomic mass is 9.91. The molecule has 2 atom stereocenters. The Morgan fingerprint density at radius 3 is 2.57 bits per heavy atom. The zero-order valence-electron chi connectivity index (χ0n) is 13.1. The van der Waals surface area contributed by atoms with Crippen molar-refractivity contribution in [3.05, 3.63) is 35.4 Å². The third-order valence-corrected chi connectivity index (χ3v) is 4.72. The van der Waals surface area contributed by atoms with Gasteiger partial charge in [-0.1, -0.05) is 29.8 Å². The molecule has 1 aliphatic heterocycles. The number of piperidine rings is 1. The molecule has 1 saturated heterocycles. The van der Waals surface area contributed by atoms with Gasteiger partial charge >= 0.3 is 0 Å². The fourth-order valence-electron chi connectivity index (χ4n) is 3.25. The molecule has 3 nitrogen and oxygen atoms in total. The van der Waals surface area contributed by atoms with Crippen LogP contribution in [0.15, 0.2) is 24.3 Å². The fourth-order valence-corrected chi connectivity index (χ4v) is 3.25. The van der Waals surface area contributed by atoms with Crippen molar-refractivity contribution in [2.75, 3.05) is 6.54 Å². The topological polar surface area (TPSA) is 32.3 Å². The standard InChI is InChI=1S/C18H26N2O/c1-13-3-5-15(6-4-13)12-20(17-7-8-17)18(21)16-9-10-19-14(2)11-16/h3-6,14,16-17,19H,7-12H2,1-2H3. The molecule has 1 N–H and O–H groups in total. The van der Waals surface area contributed by atoms with Gasteiger partial charge in [0.05, 0.1) is 0 Å². The summed E-state index contributed by atoms with van der Waals surface area (Å²) < 4.78 is 0. The number of benzene rings is 1. The quantitative estimate of drug-likeness (QED) is 0.923. The lowest BCUT2D eigenvalue weighted by Gasteiger charge is -2.32. The molecule has 3 rings (SSSR count). The van der Waals surface area contributed by atoms with Crippen LogP contribution in [0, 0.1) is 12.8 Å². The maximum Gasteiger partial charge on any atom is 0.226 e. The summed E-state index contributed by atoms with van der Waals surface area (Å²) in [6, 6.07) is 9.54. The van der Waals surface area contributed by atoms with E-state index < -0.39 is 0 Å². The highest BCUT2D eigenvalue weighted by molar-refractivity contribution is 5.79. The van der Waals surface area contributed by atoms with Gasteiger partial charge in [-0.3, -0.25) is 4.79 Å². The summed E-state index contributed by atoms with van der Waals surface area (Å²) in [5, 5.41) is 3.44. The van der Waals surface area contributed by atoms with Gasteiger partial charge in [0.15, 0.2) is 0 Å². The second kappa shape index (κ2) is 6.18. The molecule has 0 radical (unpaired) electrons. The van der Waals surface area contributed by atoms with Gasteiger partial charge in [-0.25, -0.2) is 0 Å². The van der Waals surface area contributed by atoms with E-state index in [2.05, 4.69) is 48.3 Å². The van der Waals surface area contributed by atoms with Gasteiger partial charge in [-0.05, 0) is 51.6 Å². The van der Waals surface area contributed by atoms with Crippen LogP contribution in [0.1, 0.15) is 43.7 Å². The van der Waals surface area contributed by atoms with Gasteiger partial charge < -0.3 is 10.2 Å². The van der Waals surface area contributed by atoms with E-state index in [1.807, 2.05) is 0 Å². The van der Waals surface area contributed by atoms with Crippen LogP contribution in [-0.4, -0.2) is 29.4 Å². The fraction of sp³-hybridized carbons (Fsp3) is 0.611. The largest absolute Gasteiger partial charge is 0.335 e. The summed E-state index contributed by atoms with van der Waals surface area (Å²) in [7, 11) is 0. The third kappa shape index (κ3) is 3.65. The van der Waals surface area contributed by atoms with Crippen LogP contribution in [-0.2, 0) is 11.3 Å². The van der Waals surface area contributed by atoms with E-state index >= 15 is 0 Å². The molecule has 114 valence electrons. The van der Waals surface area contributed by atoms with Crippen molar-refractivity contribution in [2.45, 2.75) is 58.2 Å². The molecule has 0 spiro atoms. The lowest BCUT2D eigenvalue weighted by molar-refractivity contribution is -0.138. The van der Waals surface area contributed by atoms with Crippen molar-refractivity contribution >= 4 is 5.91 Å². The Bertz CT molecular complexity index is 492. The number of carbonyl (C=O) groups is 1. The van der Waals surface area contributed by atoms with Crippen LogP contribution in [0.2, 0.25) is 0 Å². The molecule has 1 saturated carbocycles. The smallest absolute Gasteiger partial charge is 0.226 e. The van der Waals surface area contributed by atoms with E-state index in [1.165, 1.54) is 24.0 Å². The molecule has 2 aliphatic rings. The average molecular weight is 286 g/mol. The second-order valence-corrected chi connectivity index (χ2v) is 6.76. The molecule has 1 aliphatic carbocycles. The highest BCUT2D eigenvalue weighted by Gasteiger charge is 2.36. The van der Waals surface area contributed by atoms with Crippen molar-refractivity contribution in [1.82, 2.24) is 10.2 Å². The molecule has 0 aromatic heterocycles. The van der Waals surface area contributed by atoms with Gasteiger partial charge in [0.2, 0.25) is 5.91 Å². The molecule has 0 bridgehead atoms. The minimum Gasteiger partial charge on any atom is -0.335 e. The highest BCUT2D eigenvalue weighted by Crippen LogP contribution is 2.31. The summed E-state index contributed by atoms with van der Waals surface area (Å²) >= 11 is 0. The van der Waals surface area contributed by atoms with Crippen LogP contribution < -0.4 is 5.32 Å². The van der Waals surface area contributed by atoms with Crippen molar-refractivity contribution in [2.24, 2.45) is 5.92 Å². The van der Waals surface area contributed by atoms with Crippen molar-refractivity contribution in [3.8, 4) is 0 Å². The Labute approximate surface area is 127 Å². The normalized spacial score (nSPS) is 25.6. The zero-order chi connectivity index (χ0) is 14.8. The first-order valence-electron chi connectivity index (χ1n) is 8.23.